The summed E-state index contributed by atoms with van der Waals surface area (Å²) in [7, 11) is 1.77. The van der Waals surface area contributed by atoms with Crippen LogP contribution < -0.4 is 9.64 Å². The number of aromatic nitrogens is 2. The molecule has 1 aromatic heterocycles. The average Bonchev–Trinajstić information content (AvgIpc) is 2.61. The molecule has 25 heavy (non-hydrogen) atoms. The molecule has 0 aliphatic carbocycles. The molecule has 0 bridgehead atoms. The van der Waals surface area contributed by atoms with Crippen LogP contribution in [-0.4, -0.2) is 53.1 Å². The normalized spacial score (nSPS) is 15.0. The van der Waals surface area contributed by atoms with Crippen molar-refractivity contribution in [1.82, 2.24) is 14.9 Å². The number of likely N-dealkylation sites (N-methyl/N-ethyl adjacent to an activating group) is 1. The summed E-state index contributed by atoms with van der Waals surface area (Å²) >= 11 is 0. The molecule has 7 heteroatoms. The van der Waals surface area contributed by atoms with Gasteiger partial charge in [0.2, 0.25) is 0 Å². The molecular weight excluding hydrogens is 318 g/mol. The lowest BCUT2D eigenvalue weighted by Gasteiger charge is -2.45. The molecule has 1 saturated heterocycles. The number of nitriles is 1. The summed E-state index contributed by atoms with van der Waals surface area (Å²) in [5, 5.41) is 9.10. The second-order valence-corrected chi connectivity index (χ2v) is 5.92. The van der Waals surface area contributed by atoms with Gasteiger partial charge >= 0.3 is 0 Å². The first-order valence-electron chi connectivity index (χ1n) is 8.04. The quantitative estimate of drug-likeness (QED) is 0.821. The highest BCUT2D eigenvalue weighted by Crippen LogP contribution is 2.23. The number of hydrogen-bond acceptors (Lipinski definition) is 6. The van der Waals surface area contributed by atoms with E-state index in [9.17, 15) is 4.79 Å². The van der Waals surface area contributed by atoms with Gasteiger partial charge in [0, 0.05) is 32.5 Å². The van der Waals surface area contributed by atoms with Crippen molar-refractivity contribution < 1.29 is 9.53 Å². The number of ether oxygens (including phenoxy) is 1. The third kappa shape index (κ3) is 3.53. The van der Waals surface area contributed by atoms with Gasteiger partial charge in [-0.1, -0.05) is 18.2 Å². The van der Waals surface area contributed by atoms with E-state index in [4.69, 9.17) is 10.00 Å². The molecule has 0 spiro atoms. The predicted molar refractivity (Wildman–Crippen MR) is 92.1 cm³/mol. The molecule has 0 saturated carbocycles. The minimum Gasteiger partial charge on any atom is -0.481 e. The van der Waals surface area contributed by atoms with E-state index in [-0.39, 0.29) is 11.9 Å². The standard InChI is InChI=1S/C18H19N5O2/c1-13(25-15-6-4-3-5-7-15)18(24)22(2)14-11-23(12-14)17-16(10-19)20-8-9-21-17/h3-9,13-14H,11-12H2,1-2H3. The molecule has 3 rings (SSSR count). The van der Waals surface area contributed by atoms with Crippen molar-refractivity contribution in [3.63, 3.8) is 0 Å². The van der Waals surface area contributed by atoms with Gasteiger partial charge in [-0.15, -0.1) is 0 Å². The van der Waals surface area contributed by atoms with Crippen LogP contribution in [0.2, 0.25) is 0 Å². The van der Waals surface area contributed by atoms with E-state index in [0.29, 0.717) is 30.4 Å². The number of carbonyl (C=O) groups is 1. The Labute approximate surface area is 146 Å². The van der Waals surface area contributed by atoms with Crippen molar-refractivity contribution in [2.75, 3.05) is 25.0 Å². The van der Waals surface area contributed by atoms with Gasteiger partial charge in [-0.2, -0.15) is 5.26 Å². The molecule has 1 unspecified atom stereocenters. The lowest BCUT2D eigenvalue weighted by molar-refractivity contribution is -0.139. The van der Waals surface area contributed by atoms with Crippen LogP contribution in [0.1, 0.15) is 12.6 Å². The average molecular weight is 337 g/mol. The third-order valence-electron chi connectivity index (χ3n) is 4.25. The highest BCUT2D eigenvalue weighted by Gasteiger charge is 2.36. The van der Waals surface area contributed by atoms with E-state index < -0.39 is 6.10 Å². The first-order chi connectivity index (χ1) is 12.1. The highest BCUT2D eigenvalue weighted by molar-refractivity contribution is 5.81. The summed E-state index contributed by atoms with van der Waals surface area (Å²) in [6.07, 6.45) is 2.50. The predicted octanol–water partition coefficient (Wildman–Crippen LogP) is 1.46. The monoisotopic (exact) mass is 337 g/mol. The van der Waals surface area contributed by atoms with Crippen LogP contribution in [0.15, 0.2) is 42.7 Å². The zero-order valence-electron chi connectivity index (χ0n) is 14.2. The van der Waals surface area contributed by atoms with E-state index >= 15 is 0 Å². The number of amides is 1. The van der Waals surface area contributed by atoms with Crippen LogP contribution in [-0.2, 0) is 4.79 Å². The fourth-order valence-electron chi connectivity index (χ4n) is 2.73. The highest BCUT2D eigenvalue weighted by atomic mass is 16.5. The van der Waals surface area contributed by atoms with Crippen molar-refractivity contribution in [1.29, 1.82) is 5.26 Å². The molecular formula is C18H19N5O2. The van der Waals surface area contributed by atoms with Crippen LogP contribution in [0.25, 0.3) is 0 Å². The second kappa shape index (κ2) is 7.18. The Morgan fingerprint density at radius 1 is 1.32 bits per heavy atom. The molecule has 2 heterocycles. The minimum absolute atomic E-state index is 0.0582. The molecule has 1 atom stereocenters. The Bertz CT molecular complexity index is 784. The van der Waals surface area contributed by atoms with Crippen molar-refractivity contribution in [3.05, 3.63) is 48.4 Å². The SMILES string of the molecule is CC(Oc1ccccc1)C(=O)N(C)C1CN(c2nccnc2C#N)C1. The Morgan fingerprint density at radius 2 is 2.00 bits per heavy atom. The van der Waals surface area contributed by atoms with Gasteiger partial charge in [0.25, 0.3) is 5.91 Å². The van der Waals surface area contributed by atoms with Gasteiger partial charge in [-0.25, -0.2) is 9.97 Å². The fourth-order valence-corrected chi connectivity index (χ4v) is 2.73. The zero-order chi connectivity index (χ0) is 17.8. The molecule has 1 fully saturated rings. The summed E-state index contributed by atoms with van der Waals surface area (Å²) in [5.74, 6) is 1.16. The van der Waals surface area contributed by atoms with Gasteiger partial charge in [0.05, 0.1) is 6.04 Å². The lowest BCUT2D eigenvalue weighted by atomic mass is 10.1. The number of carbonyl (C=O) groups excluding carboxylic acids is 1. The Balaban J connectivity index is 1.57. The van der Waals surface area contributed by atoms with Crippen molar-refractivity contribution in [3.8, 4) is 11.8 Å². The molecule has 1 aliphatic heterocycles. The van der Waals surface area contributed by atoms with Gasteiger partial charge in [0.1, 0.15) is 11.8 Å². The number of rotatable bonds is 5. The van der Waals surface area contributed by atoms with Crippen LogP contribution in [0.3, 0.4) is 0 Å². The van der Waals surface area contributed by atoms with E-state index in [1.807, 2.05) is 41.3 Å². The van der Waals surface area contributed by atoms with Gasteiger partial charge in [-0.3, -0.25) is 4.79 Å². The molecule has 0 radical (unpaired) electrons. The Kier molecular flexibility index (Phi) is 4.80. The van der Waals surface area contributed by atoms with Crippen LogP contribution in [0.4, 0.5) is 5.82 Å². The molecule has 2 aromatic rings. The molecule has 1 aromatic carbocycles. The maximum Gasteiger partial charge on any atom is 0.263 e. The van der Waals surface area contributed by atoms with Crippen molar-refractivity contribution in [2.24, 2.45) is 0 Å². The van der Waals surface area contributed by atoms with Crippen molar-refractivity contribution >= 4 is 11.7 Å². The van der Waals surface area contributed by atoms with Crippen LogP contribution in [0, 0.1) is 11.3 Å². The van der Waals surface area contributed by atoms with E-state index in [0.717, 1.165) is 0 Å². The van der Waals surface area contributed by atoms with Gasteiger partial charge in [0.15, 0.2) is 17.6 Å². The van der Waals surface area contributed by atoms with E-state index in [1.54, 1.807) is 25.1 Å². The zero-order valence-corrected chi connectivity index (χ0v) is 14.2. The number of hydrogen-bond donors (Lipinski definition) is 0. The number of para-hydroxylation sites is 1. The smallest absolute Gasteiger partial charge is 0.263 e. The summed E-state index contributed by atoms with van der Waals surface area (Å²) in [5.41, 5.74) is 0.302. The second-order valence-electron chi connectivity index (χ2n) is 5.92. The topological polar surface area (TPSA) is 82.3 Å². The fraction of sp³-hybridized carbons (Fsp3) is 0.333. The maximum absolute atomic E-state index is 12.5. The lowest BCUT2D eigenvalue weighted by Crippen LogP contribution is -2.61. The number of benzene rings is 1. The van der Waals surface area contributed by atoms with Crippen LogP contribution >= 0.6 is 0 Å². The molecule has 128 valence electrons. The first-order valence-corrected chi connectivity index (χ1v) is 8.04. The van der Waals surface area contributed by atoms with E-state index in [1.165, 1.54) is 6.20 Å². The summed E-state index contributed by atoms with van der Waals surface area (Å²) < 4.78 is 5.69. The summed E-state index contributed by atoms with van der Waals surface area (Å²) in [4.78, 5) is 24.4. The van der Waals surface area contributed by atoms with Crippen LogP contribution in [0.5, 0.6) is 5.75 Å². The molecule has 1 aliphatic rings. The number of nitrogens with zero attached hydrogens (tertiary/aromatic N) is 5. The third-order valence-corrected chi connectivity index (χ3v) is 4.25. The maximum atomic E-state index is 12.5. The Morgan fingerprint density at radius 3 is 2.68 bits per heavy atom. The first kappa shape index (κ1) is 16.7. The van der Waals surface area contributed by atoms with E-state index in [2.05, 4.69) is 9.97 Å². The molecule has 7 nitrogen and oxygen atoms in total. The molecule has 1 amide bonds. The van der Waals surface area contributed by atoms with Gasteiger partial charge in [-0.05, 0) is 19.1 Å². The minimum atomic E-state index is -0.562. The molecule has 0 N–H and O–H groups in total. The largest absolute Gasteiger partial charge is 0.481 e. The van der Waals surface area contributed by atoms with Gasteiger partial charge < -0.3 is 14.5 Å². The Hall–Kier alpha value is -3.14. The summed E-state index contributed by atoms with van der Waals surface area (Å²) in [6.45, 7) is 2.99. The summed E-state index contributed by atoms with van der Waals surface area (Å²) in [6, 6.07) is 11.4. The van der Waals surface area contributed by atoms with Crippen molar-refractivity contribution in [2.45, 2.75) is 19.1 Å². The number of anilines is 1.